The summed E-state index contributed by atoms with van der Waals surface area (Å²) in [4.78, 5) is 29.3. The number of carbonyl (C=O) groups is 2. The Bertz CT molecular complexity index is 741. The van der Waals surface area contributed by atoms with Gasteiger partial charge in [-0.15, -0.1) is 36.2 Å². The van der Waals surface area contributed by atoms with Crippen molar-refractivity contribution in [2.24, 2.45) is 5.92 Å². The fraction of sp³-hybridized carbons (Fsp3) is 0.400. The van der Waals surface area contributed by atoms with E-state index in [9.17, 15) is 9.59 Å². The van der Waals surface area contributed by atoms with Crippen molar-refractivity contribution in [2.45, 2.75) is 19.3 Å². The number of carboxylic acids is 1. The van der Waals surface area contributed by atoms with Crippen molar-refractivity contribution < 1.29 is 14.7 Å². The number of aryl methyl sites for hydroxylation is 1. The van der Waals surface area contributed by atoms with Crippen LogP contribution in [0.15, 0.2) is 22.7 Å². The number of aromatic nitrogens is 1. The molecule has 2 heterocycles. The third kappa shape index (κ3) is 4.81. The van der Waals surface area contributed by atoms with Gasteiger partial charge in [0.15, 0.2) is 0 Å². The summed E-state index contributed by atoms with van der Waals surface area (Å²) in [5, 5.41) is 9.91. The number of carbonyl (C=O) groups excluding carboxylic acids is 1. The Hall–Kier alpha value is -0.890. The average molecular weight is 456 g/mol. The van der Waals surface area contributed by atoms with Crippen LogP contribution in [0.3, 0.4) is 0 Å². The van der Waals surface area contributed by atoms with E-state index in [4.69, 9.17) is 5.11 Å². The molecule has 0 aliphatic carbocycles. The smallest absolute Gasteiger partial charge is 0.308 e. The maximum absolute atomic E-state index is 12.2. The van der Waals surface area contributed by atoms with E-state index in [1.54, 1.807) is 16.2 Å². The van der Waals surface area contributed by atoms with Gasteiger partial charge in [0, 0.05) is 30.4 Å². The van der Waals surface area contributed by atoms with Crippen molar-refractivity contribution in [1.29, 1.82) is 0 Å². The van der Waals surface area contributed by atoms with Gasteiger partial charge in [-0.05, 0) is 24.6 Å². The lowest BCUT2D eigenvalue weighted by atomic mass is 10.1. The largest absolute Gasteiger partial charge is 0.481 e. The molecule has 1 aromatic carbocycles. The Kier molecular flexibility index (Phi) is 7.92. The van der Waals surface area contributed by atoms with Crippen molar-refractivity contribution in [3.8, 4) is 0 Å². The standard InChI is InChI=1S/C15H15BrN2O3S.2ClH/c16-10-1-2-12-11(7-10)17-13(22-12)3-4-14(19)18-6-5-9(8-18)15(20)21;;/h1-2,7,9H,3-6,8H2,(H,20,21);2*1H. The minimum atomic E-state index is -0.813. The van der Waals surface area contributed by atoms with Gasteiger partial charge in [0.2, 0.25) is 5.91 Å². The first-order valence-corrected chi connectivity index (χ1v) is 8.69. The molecule has 0 saturated carbocycles. The molecule has 5 nitrogen and oxygen atoms in total. The molecule has 1 aliphatic heterocycles. The highest BCUT2D eigenvalue weighted by molar-refractivity contribution is 9.10. The summed E-state index contributed by atoms with van der Waals surface area (Å²) < 4.78 is 2.10. The monoisotopic (exact) mass is 454 g/mol. The van der Waals surface area contributed by atoms with E-state index < -0.39 is 11.9 Å². The summed E-state index contributed by atoms with van der Waals surface area (Å²) in [6.07, 6.45) is 1.54. The molecule has 24 heavy (non-hydrogen) atoms. The number of halogens is 3. The van der Waals surface area contributed by atoms with Crippen molar-refractivity contribution in [1.82, 2.24) is 9.88 Å². The number of hydrogen-bond donors (Lipinski definition) is 1. The second-order valence-corrected chi connectivity index (χ2v) is 7.41. The predicted molar refractivity (Wildman–Crippen MR) is 102 cm³/mol. The first kappa shape index (κ1) is 21.2. The Balaban J connectivity index is 0.00000144. The average Bonchev–Trinajstić information content (AvgIpc) is 3.10. The molecule has 1 saturated heterocycles. The summed E-state index contributed by atoms with van der Waals surface area (Å²) >= 11 is 5.02. The fourth-order valence-corrected chi connectivity index (χ4v) is 3.91. The topological polar surface area (TPSA) is 70.5 Å². The first-order chi connectivity index (χ1) is 10.5. The van der Waals surface area contributed by atoms with Crippen molar-refractivity contribution >= 4 is 74.2 Å². The van der Waals surface area contributed by atoms with E-state index >= 15 is 0 Å². The summed E-state index contributed by atoms with van der Waals surface area (Å²) in [6, 6.07) is 5.96. The van der Waals surface area contributed by atoms with Gasteiger partial charge in [-0.1, -0.05) is 15.9 Å². The highest BCUT2D eigenvalue weighted by Gasteiger charge is 2.30. The van der Waals surface area contributed by atoms with Crippen LogP contribution in [-0.2, 0) is 16.0 Å². The molecule has 1 aromatic heterocycles. The number of hydrogen-bond acceptors (Lipinski definition) is 4. The van der Waals surface area contributed by atoms with Gasteiger partial charge in [-0.3, -0.25) is 9.59 Å². The molecule has 2 aromatic rings. The molecule has 1 aliphatic rings. The van der Waals surface area contributed by atoms with Crippen LogP contribution in [0.2, 0.25) is 0 Å². The SMILES string of the molecule is Cl.Cl.O=C(O)C1CCN(C(=O)CCc2nc3cc(Br)ccc3s2)C1. The van der Waals surface area contributed by atoms with Gasteiger partial charge in [0.1, 0.15) is 0 Å². The van der Waals surface area contributed by atoms with E-state index in [0.717, 1.165) is 19.7 Å². The number of thiazole rings is 1. The highest BCUT2D eigenvalue weighted by Crippen LogP contribution is 2.26. The van der Waals surface area contributed by atoms with Gasteiger partial charge in [0.25, 0.3) is 0 Å². The van der Waals surface area contributed by atoms with Crippen LogP contribution in [0.25, 0.3) is 10.2 Å². The normalized spacial score (nSPS) is 16.5. The summed E-state index contributed by atoms with van der Waals surface area (Å²) in [7, 11) is 0. The van der Waals surface area contributed by atoms with Crippen LogP contribution in [0.4, 0.5) is 0 Å². The van der Waals surface area contributed by atoms with Crippen LogP contribution < -0.4 is 0 Å². The number of likely N-dealkylation sites (tertiary alicyclic amines) is 1. The molecule has 9 heteroatoms. The number of aliphatic carboxylic acids is 1. The number of fused-ring (bicyclic) bond motifs is 1. The number of amides is 1. The summed E-state index contributed by atoms with van der Waals surface area (Å²) in [6.45, 7) is 0.879. The van der Waals surface area contributed by atoms with E-state index in [0.29, 0.717) is 32.4 Å². The molecule has 0 radical (unpaired) electrons. The zero-order valence-corrected chi connectivity index (χ0v) is 16.6. The van der Waals surface area contributed by atoms with Crippen LogP contribution in [0.1, 0.15) is 17.8 Å². The van der Waals surface area contributed by atoms with Crippen LogP contribution in [0.5, 0.6) is 0 Å². The van der Waals surface area contributed by atoms with Crippen LogP contribution >= 0.6 is 52.1 Å². The quantitative estimate of drug-likeness (QED) is 0.761. The zero-order valence-electron chi connectivity index (χ0n) is 12.6. The Morgan fingerprint density at radius 2 is 2.12 bits per heavy atom. The van der Waals surface area contributed by atoms with E-state index in [-0.39, 0.29) is 30.7 Å². The molecule has 3 rings (SSSR count). The maximum Gasteiger partial charge on any atom is 0.308 e. The Morgan fingerprint density at radius 3 is 2.79 bits per heavy atom. The van der Waals surface area contributed by atoms with Gasteiger partial charge in [0.05, 0.1) is 21.1 Å². The van der Waals surface area contributed by atoms with Gasteiger partial charge < -0.3 is 10.0 Å². The first-order valence-electron chi connectivity index (χ1n) is 7.08. The third-order valence-electron chi connectivity index (χ3n) is 3.84. The lowest BCUT2D eigenvalue weighted by Crippen LogP contribution is -2.30. The third-order valence-corrected chi connectivity index (χ3v) is 5.43. The van der Waals surface area contributed by atoms with Crippen LogP contribution in [0, 0.1) is 5.92 Å². The van der Waals surface area contributed by atoms with Gasteiger partial charge in [-0.2, -0.15) is 0 Å². The molecule has 1 N–H and O–H groups in total. The second kappa shape index (κ2) is 8.99. The number of nitrogens with zero attached hydrogens (tertiary/aromatic N) is 2. The molecule has 0 bridgehead atoms. The van der Waals surface area contributed by atoms with Crippen molar-refractivity contribution in [2.75, 3.05) is 13.1 Å². The molecule has 132 valence electrons. The molecular weight excluding hydrogens is 439 g/mol. The van der Waals surface area contributed by atoms with Gasteiger partial charge >= 0.3 is 5.97 Å². The van der Waals surface area contributed by atoms with E-state index in [1.165, 1.54) is 0 Å². The van der Waals surface area contributed by atoms with Crippen LogP contribution in [-0.4, -0.2) is 40.0 Å². The minimum absolute atomic E-state index is 0. The predicted octanol–water partition coefficient (Wildman–Crippen LogP) is 3.77. The Labute approximate surface area is 164 Å². The molecule has 1 fully saturated rings. The molecule has 1 amide bonds. The lowest BCUT2D eigenvalue weighted by molar-refractivity contribution is -0.141. The highest BCUT2D eigenvalue weighted by atomic mass is 79.9. The molecule has 1 unspecified atom stereocenters. The second-order valence-electron chi connectivity index (χ2n) is 5.38. The molecule has 1 atom stereocenters. The molecular formula is C15H17BrCl2N2O3S. The number of rotatable bonds is 4. The Morgan fingerprint density at radius 1 is 1.38 bits per heavy atom. The number of benzene rings is 1. The maximum atomic E-state index is 12.2. The lowest BCUT2D eigenvalue weighted by Gasteiger charge is -2.15. The van der Waals surface area contributed by atoms with E-state index in [2.05, 4.69) is 20.9 Å². The van der Waals surface area contributed by atoms with E-state index in [1.807, 2.05) is 18.2 Å². The summed E-state index contributed by atoms with van der Waals surface area (Å²) in [5.41, 5.74) is 0.939. The minimum Gasteiger partial charge on any atom is -0.481 e. The van der Waals surface area contributed by atoms with Crippen molar-refractivity contribution in [3.63, 3.8) is 0 Å². The number of carboxylic acid groups (broad SMARTS) is 1. The summed E-state index contributed by atoms with van der Waals surface area (Å²) in [5.74, 6) is -1.21. The zero-order chi connectivity index (χ0) is 15.7. The van der Waals surface area contributed by atoms with Crippen molar-refractivity contribution in [3.05, 3.63) is 27.7 Å². The molecule has 0 spiro atoms. The van der Waals surface area contributed by atoms with Gasteiger partial charge in [-0.25, -0.2) is 4.98 Å². The fourth-order valence-electron chi connectivity index (χ4n) is 2.62.